The molecule has 0 heterocycles. The summed E-state index contributed by atoms with van der Waals surface area (Å²) in [5.74, 6) is 2.08. The molecule has 0 bridgehead atoms. The van der Waals surface area contributed by atoms with E-state index in [0.29, 0.717) is 0 Å². The van der Waals surface area contributed by atoms with Crippen LogP contribution in [0.4, 0.5) is 0 Å². The fraction of sp³-hybridized carbons (Fsp3) is 0.818. The minimum Gasteiger partial charge on any atom is -0.414 e. The van der Waals surface area contributed by atoms with E-state index in [-0.39, 0.29) is 11.6 Å². The van der Waals surface area contributed by atoms with Crippen LogP contribution in [0, 0.1) is 12.3 Å². The fourth-order valence-corrected chi connectivity index (χ4v) is 1.73. The van der Waals surface area contributed by atoms with Gasteiger partial charge in [0.05, 0.1) is 6.61 Å². The van der Waals surface area contributed by atoms with E-state index in [0.717, 1.165) is 0 Å². The lowest BCUT2D eigenvalue weighted by Gasteiger charge is -2.36. The van der Waals surface area contributed by atoms with Gasteiger partial charge in [-0.2, -0.15) is 0 Å². The van der Waals surface area contributed by atoms with Crippen molar-refractivity contribution in [2.45, 2.75) is 51.1 Å². The Bertz CT molecular complexity index is 237. The smallest absolute Gasteiger partial charge is 0.192 e. The molecule has 0 fully saturated rings. The summed E-state index contributed by atoms with van der Waals surface area (Å²) in [6, 6.07) is 0. The molecule has 0 saturated carbocycles. The average molecular weight is 230 g/mol. The van der Waals surface area contributed by atoms with Crippen LogP contribution in [-0.4, -0.2) is 37.3 Å². The van der Waals surface area contributed by atoms with Crippen LogP contribution in [0.2, 0.25) is 18.1 Å². The average Bonchev–Trinajstić information content (AvgIpc) is 2.11. The molecule has 0 rings (SSSR count). The number of hydrogen-bond donors (Lipinski definition) is 2. The Hall–Kier alpha value is -0.343. The summed E-state index contributed by atoms with van der Waals surface area (Å²) >= 11 is 0. The van der Waals surface area contributed by atoms with Crippen molar-refractivity contribution in [3.63, 3.8) is 0 Å². The number of terminal acetylenes is 1. The van der Waals surface area contributed by atoms with Gasteiger partial charge in [0.1, 0.15) is 12.2 Å². The number of aliphatic hydroxyl groups excluding tert-OH is 2. The Labute approximate surface area is 93.6 Å². The Kier molecular flexibility index (Phi) is 5.01. The Morgan fingerprint density at radius 1 is 1.33 bits per heavy atom. The predicted molar refractivity (Wildman–Crippen MR) is 64.0 cm³/mol. The summed E-state index contributed by atoms with van der Waals surface area (Å²) in [6.07, 6.45) is 2.85. The zero-order valence-electron chi connectivity index (χ0n) is 10.2. The van der Waals surface area contributed by atoms with Crippen LogP contribution in [-0.2, 0) is 4.43 Å². The fourth-order valence-electron chi connectivity index (χ4n) is 0.712. The SMILES string of the molecule is C#C[C@@H](O)[C@H](O)CO[Si](C)(C)C(C)(C)C. The van der Waals surface area contributed by atoms with Crippen LogP contribution in [0.1, 0.15) is 20.8 Å². The minimum atomic E-state index is -1.87. The maximum absolute atomic E-state index is 9.45. The van der Waals surface area contributed by atoms with Crippen LogP contribution in [0.25, 0.3) is 0 Å². The molecule has 2 atom stereocenters. The molecule has 0 spiro atoms. The molecular formula is C11H22O3Si. The van der Waals surface area contributed by atoms with Gasteiger partial charge in [0, 0.05) is 0 Å². The van der Waals surface area contributed by atoms with E-state index in [9.17, 15) is 10.2 Å². The summed E-state index contributed by atoms with van der Waals surface area (Å²) in [5.41, 5.74) is 0. The second-order valence-electron chi connectivity index (χ2n) is 5.25. The van der Waals surface area contributed by atoms with Crippen molar-refractivity contribution < 1.29 is 14.6 Å². The Morgan fingerprint density at radius 3 is 2.13 bits per heavy atom. The van der Waals surface area contributed by atoms with E-state index in [2.05, 4.69) is 39.8 Å². The molecule has 0 aliphatic heterocycles. The number of rotatable bonds is 4. The third-order valence-electron chi connectivity index (χ3n) is 2.96. The van der Waals surface area contributed by atoms with Gasteiger partial charge in [0.25, 0.3) is 0 Å². The van der Waals surface area contributed by atoms with Gasteiger partial charge in [-0.1, -0.05) is 26.7 Å². The molecule has 0 aromatic carbocycles. The molecule has 3 nitrogen and oxygen atoms in total. The zero-order valence-corrected chi connectivity index (χ0v) is 11.2. The Morgan fingerprint density at radius 2 is 1.80 bits per heavy atom. The van der Waals surface area contributed by atoms with E-state index >= 15 is 0 Å². The minimum absolute atomic E-state index is 0.0911. The van der Waals surface area contributed by atoms with Crippen LogP contribution in [0.5, 0.6) is 0 Å². The van der Waals surface area contributed by atoms with Gasteiger partial charge >= 0.3 is 0 Å². The lowest BCUT2D eigenvalue weighted by Crippen LogP contribution is -2.44. The molecule has 0 unspecified atom stereocenters. The van der Waals surface area contributed by atoms with Gasteiger partial charge in [-0.3, -0.25) is 0 Å². The molecule has 0 radical (unpaired) electrons. The lowest BCUT2D eigenvalue weighted by molar-refractivity contribution is 0.0174. The van der Waals surface area contributed by atoms with Gasteiger partial charge in [-0.15, -0.1) is 6.42 Å². The van der Waals surface area contributed by atoms with Crippen LogP contribution in [0.15, 0.2) is 0 Å². The van der Waals surface area contributed by atoms with Gasteiger partial charge in [0.15, 0.2) is 8.32 Å². The van der Waals surface area contributed by atoms with Crippen molar-refractivity contribution in [1.29, 1.82) is 0 Å². The van der Waals surface area contributed by atoms with Crippen molar-refractivity contribution in [3.8, 4) is 12.3 Å². The number of hydrogen-bond acceptors (Lipinski definition) is 3. The van der Waals surface area contributed by atoms with Crippen molar-refractivity contribution in [2.24, 2.45) is 0 Å². The second kappa shape index (κ2) is 5.13. The molecule has 2 N–H and O–H groups in total. The maximum Gasteiger partial charge on any atom is 0.192 e. The van der Waals surface area contributed by atoms with Crippen LogP contribution < -0.4 is 0 Å². The van der Waals surface area contributed by atoms with Gasteiger partial charge in [-0.25, -0.2) is 0 Å². The molecule has 0 amide bonds. The standard InChI is InChI=1S/C11H22O3Si/c1-7-9(12)10(13)8-14-15(5,6)11(2,3)4/h1,9-10,12-13H,8H2,2-6H3/t9-,10-/m1/s1. The largest absolute Gasteiger partial charge is 0.414 e. The molecule has 0 aliphatic carbocycles. The first-order chi connectivity index (χ1) is 6.62. The quantitative estimate of drug-likeness (QED) is 0.566. The van der Waals surface area contributed by atoms with Gasteiger partial charge in [0.2, 0.25) is 0 Å². The normalized spacial score (nSPS) is 16.9. The van der Waals surface area contributed by atoms with Crippen LogP contribution >= 0.6 is 0 Å². The highest BCUT2D eigenvalue weighted by atomic mass is 28.4. The molecule has 4 heteroatoms. The summed E-state index contributed by atoms with van der Waals surface area (Å²) in [5, 5.41) is 18.7. The van der Waals surface area contributed by atoms with Crippen LogP contribution in [0.3, 0.4) is 0 Å². The molecule has 15 heavy (non-hydrogen) atoms. The highest BCUT2D eigenvalue weighted by Crippen LogP contribution is 2.36. The monoisotopic (exact) mass is 230 g/mol. The predicted octanol–water partition coefficient (Wildman–Crippen LogP) is 1.36. The van der Waals surface area contributed by atoms with E-state index in [1.54, 1.807) is 0 Å². The first-order valence-corrected chi connectivity index (χ1v) is 7.99. The topological polar surface area (TPSA) is 49.7 Å². The lowest BCUT2D eigenvalue weighted by atomic mass is 10.2. The molecule has 88 valence electrons. The summed E-state index contributed by atoms with van der Waals surface area (Å²) < 4.78 is 5.71. The summed E-state index contributed by atoms with van der Waals surface area (Å²) in [6.45, 7) is 10.6. The molecule has 0 aromatic rings. The van der Waals surface area contributed by atoms with E-state index in [1.165, 1.54) is 0 Å². The van der Waals surface area contributed by atoms with Crippen molar-refractivity contribution in [1.82, 2.24) is 0 Å². The highest BCUT2D eigenvalue weighted by Gasteiger charge is 2.37. The van der Waals surface area contributed by atoms with Gasteiger partial charge < -0.3 is 14.6 Å². The first kappa shape index (κ1) is 14.7. The van der Waals surface area contributed by atoms with Gasteiger partial charge in [-0.05, 0) is 18.1 Å². The number of aliphatic hydroxyl groups is 2. The molecule has 0 aliphatic rings. The first-order valence-electron chi connectivity index (χ1n) is 5.08. The molecule has 0 aromatic heterocycles. The maximum atomic E-state index is 9.45. The van der Waals surface area contributed by atoms with E-state index in [1.807, 2.05) is 0 Å². The third-order valence-corrected chi connectivity index (χ3v) is 7.46. The highest BCUT2D eigenvalue weighted by molar-refractivity contribution is 6.74. The van der Waals surface area contributed by atoms with E-state index < -0.39 is 20.5 Å². The zero-order chi connectivity index (χ0) is 12.3. The van der Waals surface area contributed by atoms with Crippen molar-refractivity contribution in [3.05, 3.63) is 0 Å². The summed E-state index contributed by atoms with van der Waals surface area (Å²) in [4.78, 5) is 0. The third kappa shape index (κ3) is 4.35. The second-order valence-corrected chi connectivity index (χ2v) is 10.1. The molecule has 0 saturated heterocycles. The Balaban J connectivity index is 4.23. The molecular weight excluding hydrogens is 208 g/mol. The van der Waals surface area contributed by atoms with Crippen molar-refractivity contribution in [2.75, 3.05) is 6.61 Å². The van der Waals surface area contributed by atoms with E-state index in [4.69, 9.17) is 10.8 Å². The summed E-state index contributed by atoms with van der Waals surface area (Å²) in [7, 11) is -1.87. The van der Waals surface area contributed by atoms with Crippen molar-refractivity contribution >= 4 is 8.32 Å².